The summed E-state index contributed by atoms with van der Waals surface area (Å²) in [6, 6.07) is -2.50. The average Bonchev–Trinajstić information content (AvgIpc) is 1.53. The Bertz CT molecular complexity index is 3850. The molecule has 0 aromatic carbocycles. The van der Waals surface area contributed by atoms with Crippen LogP contribution in [0.1, 0.15) is 134 Å². The van der Waals surface area contributed by atoms with E-state index in [1.165, 1.54) is 49.8 Å². The summed E-state index contributed by atoms with van der Waals surface area (Å²) in [5.41, 5.74) is 26.4. The van der Waals surface area contributed by atoms with Gasteiger partial charge in [-0.2, -0.15) is 0 Å². The molecule has 0 saturated carbocycles. The molecule has 30 heteroatoms. The Hall–Kier alpha value is -9.71. The van der Waals surface area contributed by atoms with Crippen molar-refractivity contribution in [1.29, 1.82) is 0 Å². The SMILES string of the molecule is C=Cc1c2[nH]c(c1C)C=C1N=C(C=C3CC(=CC4=NC(=C2)C(C)=C4CCC(=O)OCCSSCC(NC(C)=O)C(=O)C[C@@H](CCCN=C(N)N)C(=O)NCC(=O)C[C@@H](CC(=O)O)C(=O)N[C@@H](CCCN=C(C)N)C(=O)O)C(CCC(=O)OC)=C3C)[C@@]2(C)C1=CC=C(C(=O)OC)[C@H]2C(=O)OC. The molecule has 0 radical (unpaired) electrons. The number of ketones is 2. The number of Topliss-reactive ketones (excluding diaryl/α,β-unsaturated/α-hetero) is 2. The van der Waals surface area contributed by atoms with Gasteiger partial charge in [-0.3, -0.25) is 58.1 Å². The van der Waals surface area contributed by atoms with E-state index in [1.807, 2.05) is 52.0 Å². The smallest absolute Gasteiger partial charge is 0.334 e. The monoisotopic (exact) mass is 1420 g/mol. The number of allylic oxidation sites excluding steroid dienone is 11. The highest BCUT2D eigenvalue weighted by Crippen LogP contribution is 2.54. The van der Waals surface area contributed by atoms with Crippen LogP contribution in [0.2, 0.25) is 0 Å². The maximum absolute atomic E-state index is 14.0. The second-order valence-corrected chi connectivity index (χ2v) is 27.2. The van der Waals surface area contributed by atoms with E-state index >= 15 is 0 Å². The summed E-state index contributed by atoms with van der Waals surface area (Å²) in [6.07, 6.45) is 12.3. The molecule has 3 aliphatic heterocycles. The van der Waals surface area contributed by atoms with Crippen LogP contribution in [-0.4, -0.2) is 175 Å². The van der Waals surface area contributed by atoms with Crippen LogP contribution >= 0.6 is 21.6 Å². The Morgan fingerprint density at radius 2 is 1.45 bits per heavy atom. The molecular weight excluding hydrogens is 1330 g/mol. The van der Waals surface area contributed by atoms with Crippen LogP contribution in [0.3, 0.4) is 0 Å². The van der Waals surface area contributed by atoms with Gasteiger partial charge in [-0.1, -0.05) is 46.4 Å². The third-order valence-electron chi connectivity index (χ3n) is 17.7. The Morgan fingerprint density at radius 3 is 2.10 bits per heavy atom. The van der Waals surface area contributed by atoms with Crippen molar-refractivity contribution in [2.45, 2.75) is 131 Å². The Kier molecular flexibility index (Phi) is 29.3. The fourth-order valence-corrected chi connectivity index (χ4v) is 14.4. The summed E-state index contributed by atoms with van der Waals surface area (Å²) in [4.78, 5) is 166. The van der Waals surface area contributed by atoms with Crippen LogP contribution in [-0.2, 0) is 71.7 Å². The molecule has 1 aromatic rings. The molecular formula is C70H89N11O17S2. The average molecular weight is 1420 g/mol. The first kappa shape index (κ1) is 79.3. The lowest BCUT2D eigenvalue weighted by Gasteiger charge is -2.37. The lowest BCUT2D eigenvalue weighted by Crippen LogP contribution is -2.45. The number of carbonyl (C=O) groups excluding carboxylic acids is 9. The van der Waals surface area contributed by atoms with Gasteiger partial charge in [0, 0.05) is 80.1 Å². The molecule has 1 unspecified atom stereocenters. The lowest BCUT2D eigenvalue weighted by molar-refractivity contribution is -0.149. The molecule has 0 fully saturated rings. The number of rotatable bonds is 37. The number of H-pyrrole nitrogens is 1. The van der Waals surface area contributed by atoms with E-state index in [1.54, 1.807) is 25.2 Å². The van der Waals surface area contributed by atoms with Crippen LogP contribution in [0.25, 0.3) is 18.2 Å². The van der Waals surface area contributed by atoms with Crippen molar-refractivity contribution in [3.8, 4) is 0 Å². The van der Waals surface area contributed by atoms with Crippen LogP contribution in [0.4, 0.5) is 0 Å². The molecule has 100 heavy (non-hydrogen) atoms. The molecule has 538 valence electrons. The van der Waals surface area contributed by atoms with Gasteiger partial charge in [0.2, 0.25) is 17.7 Å². The van der Waals surface area contributed by atoms with E-state index in [0.717, 1.165) is 44.6 Å². The van der Waals surface area contributed by atoms with E-state index in [-0.39, 0.29) is 93.5 Å². The predicted octanol–water partition coefficient (Wildman–Crippen LogP) is 5.98. The molecule has 0 saturated heterocycles. The number of fused-ring (bicyclic) bond motifs is 9. The highest BCUT2D eigenvalue weighted by atomic mass is 33.1. The number of ether oxygens (including phenoxy) is 4. The topological polar surface area (TPSA) is 445 Å². The molecule has 0 spiro atoms. The van der Waals surface area contributed by atoms with E-state index < -0.39 is 126 Å². The van der Waals surface area contributed by atoms with Gasteiger partial charge in [0.1, 0.15) is 18.6 Å². The van der Waals surface area contributed by atoms with Gasteiger partial charge in [-0.25, -0.2) is 14.6 Å². The predicted molar refractivity (Wildman–Crippen MR) is 381 cm³/mol. The first-order valence-electron chi connectivity index (χ1n) is 32.5. The fraction of sp³-hybridized carbons (Fsp3) is 0.471. The third kappa shape index (κ3) is 20.9. The summed E-state index contributed by atoms with van der Waals surface area (Å²) >= 11 is 0. The van der Waals surface area contributed by atoms with Crippen LogP contribution in [0.5, 0.6) is 0 Å². The van der Waals surface area contributed by atoms with Gasteiger partial charge in [0.05, 0.1) is 85.9 Å². The number of guanidine groups is 1. The van der Waals surface area contributed by atoms with Crippen molar-refractivity contribution in [3.05, 3.63) is 109 Å². The highest BCUT2D eigenvalue weighted by molar-refractivity contribution is 8.76. The van der Waals surface area contributed by atoms with Gasteiger partial charge in [-0.15, -0.1) is 0 Å². The number of esters is 4. The number of carboxylic acid groups (broad SMARTS) is 2. The number of amides is 3. The molecule has 6 atom stereocenters. The number of carboxylic acids is 2. The molecule has 5 aliphatic rings. The minimum atomic E-state index is -1.49. The number of aliphatic carboxylic acids is 2. The largest absolute Gasteiger partial charge is 0.481 e. The van der Waals surface area contributed by atoms with Crippen molar-refractivity contribution >= 4 is 128 Å². The number of nitrogens with one attached hydrogen (secondary N) is 4. The second-order valence-electron chi connectivity index (χ2n) is 24.6. The quantitative estimate of drug-likeness (QED) is 0.00923. The number of hydrogen-bond acceptors (Lipinski definition) is 21. The molecule has 4 heterocycles. The van der Waals surface area contributed by atoms with Gasteiger partial charge in [0.15, 0.2) is 17.5 Å². The second kappa shape index (κ2) is 36.9. The number of nitrogens with zero attached hydrogens (tertiary/aromatic N) is 4. The summed E-state index contributed by atoms with van der Waals surface area (Å²) in [5, 5.41) is 26.7. The number of methoxy groups -OCH3 is 3. The number of amidine groups is 1. The lowest BCUT2D eigenvalue weighted by atomic mass is 9.63. The van der Waals surface area contributed by atoms with Crippen molar-refractivity contribution in [3.63, 3.8) is 0 Å². The fourth-order valence-electron chi connectivity index (χ4n) is 12.4. The molecule has 6 rings (SSSR count). The number of hydrogen-bond donors (Lipinski definition) is 9. The Balaban J connectivity index is 1.14. The normalized spacial score (nSPS) is 18.1. The standard InChI is InChI=1S/C70H89N11O17S2/c1-11-46-37(3)53-33-56-50-19-16-49(67(93)96-9)63(68(94)97-10)70(50,7)59(80-56)30-42-26-43(47(36(42)2)17-20-61(87)95-8)28-54-48(38(4)52(78-54)32-55(46)79-53)18-21-62(88)98-24-25-99-100-35-57(77-40(6)82)58(84)29-41(14-12-23-75-69(72)73)64(89)76-34-45(83)27-44(31-60(85)86)65(90)81-51(66(91)92)15-13-22-74-39(5)71/h11,16,19,28,30,32-33,41,44,51,57,63,79H,1,12-15,17-18,20-27,29,31,34-35H2,2-10H3,(H2,71,74)(H,76,89)(H,77,82)(H,81,90)(H,85,86)(H,91,92)(H4,72,73,75)/t41-,44+,51+,57?,63+,70-/m1/s1. The van der Waals surface area contributed by atoms with Crippen molar-refractivity contribution in [2.75, 3.05) is 59.1 Å². The van der Waals surface area contributed by atoms with Gasteiger partial charge >= 0.3 is 35.8 Å². The Labute approximate surface area is 587 Å². The molecule has 12 N–H and O–H groups in total. The summed E-state index contributed by atoms with van der Waals surface area (Å²) in [7, 11) is 6.33. The first-order valence-corrected chi connectivity index (χ1v) is 34.9. The minimum absolute atomic E-state index is 0.0178. The van der Waals surface area contributed by atoms with Crippen LogP contribution in [0, 0.1) is 30.1 Å². The Morgan fingerprint density at radius 1 is 0.760 bits per heavy atom. The zero-order valence-corrected chi connectivity index (χ0v) is 59.4. The van der Waals surface area contributed by atoms with E-state index in [9.17, 15) is 63.0 Å². The molecule has 8 bridgehead atoms. The summed E-state index contributed by atoms with van der Waals surface area (Å²) < 4.78 is 21.4. The van der Waals surface area contributed by atoms with E-state index in [4.69, 9.17) is 46.1 Å². The van der Waals surface area contributed by atoms with Crippen molar-refractivity contribution < 1.29 is 81.9 Å². The van der Waals surface area contributed by atoms with E-state index in [0.29, 0.717) is 52.6 Å². The van der Waals surface area contributed by atoms with Crippen LogP contribution < -0.4 is 33.2 Å². The van der Waals surface area contributed by atoms with Gasteiger partial charge in [0.25, 0.3) is 0 Å². The maximum atomic E-state index is 14.0. The number of nitrogens with two attached hydrogens (primary N) is 3. The number of aromatic amines is 1. The third-order valence-corrected chi connectivity index (χ3v) is 20.1. The number of aromatic nitrogens is 1. The van der Waals surface area contributed by atoms with E-state index in [2.05, 4.69) is 37.5 Å². The summed E-state index contributed by atoms with van der Waals surface area (Å²) in [6.45, 7) is 14.2. The number of aliphatic imine (C=N–C) groups is 4. The molecule has 28 nitrogen and oxygen atoms in total. The minimum Gasteiger partial charge on any atom is -0.481 e. The van der Waals surface area contributed by atoms with Gasteiger partial charge in [-0.05, 0) is 148 Å². The van der Waals surface area contributed by atoms with Crippen molar-refractivity contribution in [1.82, 2.24) is 20.9 Å². The van der Waals surface area contributed by atoms with Crippen LogP contribution in [0.15, 0.2) is 107 Å². The zero-order valence-electron chi connectivity index (χ0n) is 57.7. The van der Waals surface area contributed by atoms with Gasteiger partial charge < -0.3 is 67.3 Å². The maximum Gasteiger partial charge on any atom is 0.334 e. The highest BCUT2D eigenvalue weighted by Gasteiger charge is 2.55. The first-order chi connectivity index (χ1) is 47.4. The molecule has 3 amide bonds. The zero-order chi connectivity index (χ0) is 73.7. The summed E-state index contributed by atoms with van der Waals surface area (Å²) in [5.74, 6) is -11.9. The van der Waals surface area contributed by atoms with Crippen molar-refractivity contribution in [2.24, 2.45) is 60.3 Å². The molecule has 2 aliphatic carbocycles. The number of carbonyl (C=O) groups is 11. The molecule has 1 aromatic heterocycles.